The van der Waals surface area contributed by atoms with Gasteiger partial charge < -0.3 is 16.0 Å². The lowest BCUT2D eigenvalue weighted by Crippen LogP contribution is -2.43. The lowest BCUT2D eigenvalue weighted by atomic mass is 10.2. The minimum atomic E-state index is 0.855. The fourth-order valence-corrected chi connectivity index (χ4v) is 1.77. The first-order valence-corrected chi connectivity index (χ1v) is 5.56. The summed E-state index contributed by atoms with van der Waals surface area (Å²) in [6, 6.07) is 0. The van der Waals surface area contributed by atoms with Gasteiger partial charge in [-0.1, -0.05) is 12.8 Å². The van der Waals surface area contributed by atoms with E-state index in [4.69, 9.17) is 5.73 Å². The van der Waals surface area contributed by atoms with Gasteiger partial charge in [0.1, 0.15) is 0 Å². The molecule has 0 aromatic heterocycles. The summed E-state index contributed by atoms with van der Waals surface area (Å²) in [4.78, 5) is 2.55. The maximum Gasteiger partial charge on any atom is 0.0107 e. The summed E-state index contributed by atoms with van der Waals surface area (Å²) in [7, 11) is 0. The molecule has 13 heavy (non-hydrogen) atoms. The molecule has 1 fully saturated rings. The third-order valence-electron chi connectivity index (χ3n) is 2.64. The van der Waals surface area contributed by atoms with E-state index in [1.807, 2.05) is 0 Å². The molecule has 1 aliphatic rings. The molecule has 0 aliphatic carbocycles. The molecular formula is C10H23N3. The van der Waals surface area contributed by atoms with Crippen LogP contribution in [-0.2, 0) is 0 Å². The summed E-state index contributed by atoms with van der Waals surface area (Å²) in [5, 5.41) is 3.37. The Kier molecular flexibility index (Phi) is 6.15. The van der Waals surface area contributed by atoms with Gasteiger partial charge in [-0.15, -0.1) is 0 Å². The summed E-state index contributed by atoms with van der Waals surface area (Å²) in [5.74, 6) is 0. The topological polar surface area (TPSA) is 41.3 Å². The van der Waals surface area contributed by atoms with Crippen molar-refractivity contribution in [2.75, 3.05) is 39.3 Å². The maximum absolute atomic E-state index is 5.43. The zero-order valence-electron chi connectivity index (χ0n) is 8.60. The van der Waals surface area contributed by atoms with E-state index in [1.54, 1.807) is 0 Å². The van der Waals surface area contributed by atoms with Crippen molar-refractivity contribution in [3.05, 3.63) is 0 Å². The van der Waals surface area contributed by atoms with Gasteiger partial charge in [0.05, 0.1) is 0 Å². The zero-order chi connectivity index (χ0) is 9.36. The summed E-state index contributed by atoms with van der Waals surface area (Å²) in [5.41, 5.74) is 5.43. The van der Waals surface area contributed by atoms with Crippen LogP contribution >= 0.6 is 0 Å². The molecule has 1 rings (SSSR count). The fourth-order valence-electron chi connectivity index (χ4n) is 1.77. The highest BCUT2D eigenvalue weighted by Gasteiger charge is 2.07. The van der Waals surface area contributed by atoms with Gasteiger partial charge in [0.15, 0.2) is 0 Å². The van der Waals surface area contributed by atoms with Crippen LogP contribution in [0.25, 0.3) is 0 Å². The van der Waals surface area contributed by atoms with Gasteiger partial charge in [0.25, 0.3) is 0 Å². The molecule has 0 amide bonds. The third kappa shape index (κ3) is 5.24. The Morgan fingerprint density at radius 2 is 1.69 bits per heavy atom. The molecule has 1 aliphatic heterocycles. The molecule has 0 spiro atoms. The summed E-state index contributed by atoms with van der Waals surface area (Å²) in [6.07, 6.45) is 5.20. The van der Waals surface area contributed by atoms with Gasteiger partial charge in [-0.05, 0) is 25.9 Å². The Bertz CT molecular complexity index is 111. The van der Waals surface area contributed by atoms with Gasteiger partial charge in [0.2, 0.25) is 0 Å². The maximum atomic E-state index is 5.43. The summed E-state index contributed by atoms with van der Waals surface area (Å²) < 4.78 is 0. The molecule has 0 radical (unpaired) electrons. The largest absolute Gasteiger partial charge is 0.330 e. The molecule has 3 heteroatoms. The van der Waals surface area contributed by atoms with Crippen LogP contribution in [0.1, 0.15) is 25.7 Å². The smallest absolute Gasteiger partial charge is 0.0107 e. The normalized spacial score (nSPS) is 19.2. The summed E-state index contributed by atoms with van der Waals surface area (Å²) in [6.45, 7) is 6.94. The SMILES string of the molecule is NCCCCCCN1CCNCC1. The van der Waals surface area contributed by atoms with Crippen LogP contribution in [0.2, 0.25) is 0 Å². The number of nitrogens with zero attached hydrogens (tertiary/aromatic N) is 1. The molecule has 0 atom stereocenters. The molecule has 3 N–H and O–H groups in total. The van der Waals surface area contributed by atoms with E-state index in [-0.39, 0.29) is 0 Å². The second-order valence-electron chi connectivity index (χ2n) is 3.79. The molecule has 0 aromatic rings. The second-order valence-corrected chi connectivity index (χ2v) is 3.79. The average Bonchev–Trinajstić information content (AvgIpc) is 2.19. The van der Waals surface area contributed by atoms with Crippen molar-refractivity contribution in [1.82, 2.24) is 10.2 Å². The molecule has 78 valence electrons. The molecular weight excluding hydrogens is 162 g/mol. The quantitative estimate of drug-likeness (QED) is 0.589. The number of hydrogen-bond donors (Lipinski definition) is 2. The Morgan fingerprint density at radius 1 is 1.00 bits per heavy atom. The van der Waals surface area contributed by atoms with E-state index >= 15 is 0 Å². The number of rotatable bonds is 6. The predicted molar refractivity (Wildman–Crippen MR) is 56.8 cm³/mol. The van der Waals surface area contributed by atoms with Crippen LogP contribution in [-0.4, -0.2) is 44.2 Å². The van der Waals surface area contributed by atoms with Gasteiger partial charge in [-0.2, -0.15) is 0 Å². The van der Waals surface area contributed by atoms with Crippen molar-refractivity contribution in [2.45, 2.75) is 25.7 Å². The monoisotopic (exact) mass is 185 g/mol. The number of piperazine rings is 1. The molecule has 1 heterocycles. The first kappa shape index (κ1) is 11.0. The first-order chi connectivity index (χ1) is 6.43. The van der Waals surface area contributed by atoms with Crippen molar-refractivity contribution >= 4 is 0 Å². The minimum Gasteiger partial charge on any atom is -0.330 e. The standard InChI is InChI=1S/C10H23N3/c11-5-3-1-2-4-8-13-9-6-12-7-10-13/h12H,1-11H2. The van der Waals surface area contributed by atoms with E-state index in [1.165, 1.54) is 58.4 Å². The van der Waals surface area contributed by atoms with E-state index in [9.17, 15) is 0 Å². The van der Waals surface area contributed by atoms with E-state index in [0.29, 0.717) is 0 Å². The van der Waals surface area contributed by atoms with Gasteiger partial charge in [-0.3, -0.25) is 0 Å². The average molecular weight is 185 g/mol. The van der Waals surface area contributed by atoms with Crippen molar-refractivity contribution < 1.29 is 0 Å². The van der Waals surface area contributed by atoms with Crippen LogP contribution in [0.5, 0.6) is 0 Å². The van der Waals surface area contributed by atoms with Crippen LogP contribution < -0.4 is 11.1 Å². The number of unbranched alkanes of at least 4 members (excludes halogenated alkanes) is 3. The molecule has 1 saturated heterocycles. The Labute approximate surface area is 81.7 Å². The van der Waals surface area contributed by atoms with Gasteiger partial charge >= 0.3 is 0 Å². The highest BCUT2D eigenvalue weighted by molar-refractivity contribution is 4.67. The van der Waals surface area contributed by atoms with E-state index < -0.39 is 0 Å². The van der Waals surface area contributed by atoms with Crippen molar-refractivity contribution in [3.8, 4) is 0 Å². The number of hydrogen-bond acceptors (Lipinski definition) is 3. The van der Waals surface area contributed by atoms with Crippen LogP contribution in [0.4, 0.5) is 0 Å². The lowest BCUT2D eigenvalue weighted by molar-refractivity contribution is 0.236. The second kappa shape index (κ2) is 7.30. The van der Waals surface area contributed by atoms with Crippen molar-refractivity contribution in [2.24, 2.45) is 5.73 Å². The lowest BCUT2D eigenvalue weighted by Gasteiger charge is -2.26. The Balaban J connectivity index is 1.86. The van der Waals surface area contributed by atoms with Crippen LogP contribution in [0.15, 0.2) is 0 Å². The zero-order valence-corrected chi connectivity index (χ0v) is 8.60. The van der Waals surface area contributed by atoms with E-state index in [0.717, 1.165) is 6.54 Å². The highest BCUT2D eigenvalue weighted by Crippen LogP contribution is 2.01. The molecule has 0 bridgehead atoms. The van der Waals surface area contributed by atoms with E-state index in [2.05, 4.69) is 10.2 Å². The van der Waals surface area contributed by atoms with Gasteiger partial charge in [0, 0.05) is 26.2 Å². The molecule has 3 nitrogen and oxygen atoms in total. The number of nitrogens with two attached hydrogens (primary N) is 1. The third-order valence-corrected chi connectivity index (χ3v) is 2.64. The Morgan fingerprint density at radius 3 is 2.38 bits per heavy atom. The van der Waals surface area contributed by atoms with Gasteiger partial charge in [-0.25, -0.2) is 0 Å². The molecule has 0 unspecified atom stereocenters. The first-order valence-electron chi connectivity index (χ1n) is 5.56. The summed E-state index contributed by atoms with van der Waals surface area (Å²) >= 11 is 0. The minimum absolute atomic E-state index is 0.855. The predicted octanol–water partition coefficient (Wildman–Crippen LogP) is 0.411. The highest BCUT2D eigenvalue weighted by atomic mass is 15.2. The fraction of sp³-hybridized carbons (Fsp3) is 1.00. The Hall–Kier alpha value is -0.120. The van der Waals surface area contributed by atoms with Crippen molar-refractivity contribution in [1.29, 1.82) is 0 Å². The van der Waals surface area contributed by atoms with Crippen LogP contribution in [0, 0.1) is 0 Å². The van der Waals surface area contributed by atoms with Crippen molar-refractivity contribution in [3.63, 3.8) is 0 Å². The molecule has 0 aromatic carbocycles. The molecule has 0 saturated carbocycles. The van der Waals surface area contributed by atoms with Crippen LogP contribution in [0.3, 0.4) is 0 Å². The number of nitrogens with one attached hydrogen (secondary N) is 1.